The summed E-state index contributed by atoms with van der Waals surface area (Å²) >= 11 is 0. The van der Waals surface area contributed by atoms with Gasteiger partial charge in [0.05, 0.1) is 14.2 Å². The highest BCUT2D eigenvalue weighted by molar-refractivity contribution is 5.75. The van der Waals surface area contributed by atoms with Crippen molar-refractivity contribution >= 4 is 6.29 Å². The summed E-state index contributed by atoms with van der Waals surface area (Å²) in [6.07, 6.45) is 0.558. The average Bonchev–Trinajstić information content (AvgIpc) is 2.46. The Morgan fingerprint density at radius 1 is 0.850 bits per heavy atom. The number of halogens is 1. The van der Waals surface area contributed by atoms with Crippen LogP contribution >= 0.6 is 0 Å². The number of carbonyl (C=O) groups excluding carboxylic acids is 1. The van der Waals surface area contributed by atoms with E-state index in [0.29, 0.717) is 23.5 Å². The van der Waals surface area contributed by atoms with Gasteiger partial charge in [0.1, 0.15) is 35.1 Å². The fourth-order valence-corrected chi connectivity index (χ4v) is 1.69. The molecule has 2 rings (SSSR count). The Hall–Kier alpha value is -2.56. The molecule has 0 radical (unpaired) electrons. The van der Waals surface area contributed by atoms with Crippen molar-refractivity contribution in [3.8, 4) is 23.0 Å². The normalized spacial score (nSPS) is 9.95. The SMILES string of the molecule is COc1cc(OC)cc(Oc2cc(F)cc(C=O)c2)c1. The van der Waals surface area contributed by atoms with E-state index in [1.807, 2.05) is 0 Å². The lowest BCUT2D eigenvalue weighted by molar-refractivity contribution is 0.112. The number of hydrogen-bond donors (Lipinski definition) is 0. The van der Waals surface area contributed by atoms with E-state index in [2.05, 4.69) is 0 Å². The third kappa shape index (κ3) is 3.26. The molecule has 0 spiro atoms. The molecule has 0 bridgehead atoms. The smallest absolute Gasteiger partial charge is 0.150 e. The molecule has 2 aromatic carbocycles. The first-order chi connectivity index (χ1) is 9.64. The number of methoxy groups -OCH3 is 2. The zero-order valence-electron chi connectivity index (χ0n) is 11.1. The number of aldehydes is 1. The minimum absolute atomic E-state index is 0.204. The second-order valence-corrected chi connectivity index (χ2v) is 3.99. The molecule has 20 heavy (non-hydrogen) atoms. The predicted octanol–water partition coefficient (Wildman–Crippen LogP) is 3.45. The molecule has 0 saturated heterocycles. The second kappa shape index (κ2) is 6.06. The molecule has 0 heterocycles. The minimum atomic E-state index is -0.542. The van der Waals surface area contributed by atoms with E-state index in [1.54, 1.807) is 18.2 Å². The lowest BCUT2D eigenvalue weighted by atomic mass is 10.2. The second-order valence-electron chi connectivity index (χ2n) is 3.99. The van der Waals surface area contributed by atoms with Crippen LogP contribution in [0, 0.1) is 5.82 Å². The Kier molecular flexibility index (Phi) is 4.20. The molecule has 0 amide bonds. The Morgan fingerprint density at radius 3 is 1.95 bits per heavy atom. The third-order valence-electron chi connectivity index (χ3n) is 2.59. The van der Waals surface area contributed by atoms with Crippen LogP contribution in [-0.2, 0) is 0 Å². The van der Waals surface area contributed by atoms with Crippen LogP contribution in [-0.4, -0.2) is 20.5 Å². The Balaban J connectivity index is 2.33. The van der Waals surface area contributed by atoms with Gasteiger partial charge in [-0.1, -0.05) is 0 Å². The van der Waals surface area contributed by atoms with Gasteiger partial charge in [-0.25, -0.2) is 4.39 Å². The maximum Gasteiger partial charge on any atom is 0.150 e. The van der Waals surface area contributed by atoms with E-state index in [-0.39, 0.29) is 11.3 Å². The van der Waals surface area contributed by atoms with Crippen molar-refractivity contribution in [2.24, 2.45) is 0 Å². The average molecular weight is 276 g/mol. The van der Waals surface area contributed by atoms with Gasteiger partial charge in [-0.05, 0) is 12.1 Å². The first-order valence-electron chi connectivity index (χ1n) is 5.81. The molecule has 4 nitrogen and oxygen atoms in total. The van der Waals surface area contributed by atoms with Crippen molar-refractivity contribution in [1.82, 2.24) is 0 Å². The van der Waals surface area contributed by atoms with Crippen molar-refractivity contribution in [3.05, 3.63) is 47.8 Å². The Morgan fingerprint density at radius 2 is 1.40 bits per heavy atom. The summed E-state index contributed by atoms with van der Waals surface area (Å²) in [5, 5.41) is 0. The topological polar surface area (TPSA) is 44.8 Å². The minimum Gasteiger partial charge on any atom is -0.496 e. The molecule has 0 aliphatic rings. The van der Waals surface area contributed by atoms with Crippen LogP contribution in [0.3, 0.4) is 0 Å². The van der Waals surface area contributed by atoms with Gasteiger partial charge in [0.2, 0.25) is 0 Å². The van der Waals surface area contributed by atoms with Crippen LogP contribution < -0.4 is 14.2 Å². The maximum absolute atomic E-state index is 13.3. The van der Waals surface area contributed by atoms with Gasteiger partial charge < -0.3 is 14.2 Å². The highest BCUT2D eigenvalue weighted by Gasteiger charge is 2.06. The van der Waals surface area contributed by atoms with Gasteiger partial charge in [-0.3, -0.25) is 4.79 Å². The highest BCUT2D eigenvalue weighted by atomic mass is 19.1. The fourth-order valence-electron chi connectivity index (χ4n) is 1.69. The van der Waals surface area contributed by atoms with Gasteiger partial charge >= 0.3 is 0 Å². The van der Waals surface area contributed by atoms with Crippen molar-refractivity contribution in [2.75, 3.05) is 14.2 Å². The summed E-state index contributed by atoms with van der Waals surface area (Å²) in [4.78, 5) is 10.7. The molecule has 0 unspecified atom stereocenters. The standard InChI is InChI=1S/C15H13FO4/c1-18-12-6-13(19-2)8-15(7-12)20-14-4-10(9-17)3-11(16)5-14/h3-9H,1-2H3. The number of ether oxygens (including phenoxy) is 3. The molecule has 0 fully saturated rings. The van der Waals surface area contributed by atoms with Crippen LogP contribution in [0.1, 0.15) is 10.4 Å². The monoisotopic (exact) mass is 276 g/mol. The first kappa shape index (κ1) is 13.9. The van der Waals surface area contributed by atoms with Crippen LogP contribution in [0.4, 0.5) is 4.39 Å². The molecule has 104 valence electrons. The molecule has 0 aromatic heterocycles. The molecule has 0 aliphatic carbocycles. The maximum atomic E-state index is 13.3. The molecule has 0 saturated carbocycles. The molecule has 0 N–H and O–H groups in total. The van der Waals surface area contributed by atoms with Gasteiger partial charge in [0, 0.05) is 29.8 Å². The summed E-state index contributed by atoms with van der Waals surface area (Å²) in [5.74, 6) is 1.20. The van der Waals surface area contributed by atoms with Crippen LogP contribution in [0.15, 0.2) is 36.4 Å². The zero-order chi connectivity index (χ0) is 14.5. The van der Waals surface area contributed by atoms with Gasteiger partial charge in [0.15, 0.2) is 0 Å². The summed E-state index contributed by atoms with van der Waals surface area (Å²) in [6.45, 7) is 0. The van der Waals surface area contributed by atoms with Crippen molar-refractivity contribution in [1.29, 1.82) is 0 Å². The molecule has 0 atom stereocenters. The molecule has 5 heteroatoms. The summed E-state index contributed by atoms with van der Waals surface area (Å²) in [6, 6.07) is 8.73. The fraction of sp³-hybridized carbons (Fsp3) is 0.133. The number of carbonyl (C=O) groups is 1. The quantitative estimate of drug-likeness (QED) is 0.785. The van der Waals surface area contributed by atoms with Gasteiger partial charge in [-0.15, -0.1) is 0 Å². The van der Waals surface area contributed by atoms with Crippen LogP contribution in [0.5, 0.6) is 23.0 Å². The van der Waals surface area contributed by atoms with E-state index in [9.17, 15) is 9.18 Å². The third-order valence-corrected chi connectivity index (χ3v) is 2.59. The number of hydrogen-bond acceptors (Lipinski definition) is 4. The Bertz CT molecular complexity index is 603. The van der Waals surface area contributed by atoms with E-state index in [1.165, 1.54) is 26.4 Å². The van der Waals surface area contributed by atoms with E-state index < -0.39 is 5.82 Å². The van der Waals surface area contributed by atoms with Crippen molar-refractivity contribution in [3.63, 3.8) is 0 Å². The highest BCUT2D eigenvalue weighted by Crippen LogP contribution is 2.31. The number of rotatable bonds is 5. The lowest BCUT2D eigenvalue weighted by Gasteiger charge is -2.10. The molecule has 0 aliphatic heterocycles. The molecule has 2 aromatic rings. The lowest BCUT2D eigenvalue weighted by Crippen LogP contribution is -1.92. The van der Waals surface area contributed by atoms with Crippen LogP contribution in [0.25, 0.3) is 0 Å². The number of benzene rings is 2. The van der Waals surface area contributed by atoms with Gasteiger partial charge in [0.25, 0.3) is 0 Å². The summed E-state index contributed by atoms with van der Waals surface area (Å²) in [7, 11) is 3.04. The summed E-state index contributed by atoms with van der Waals surface area (Å²) < 4.78 is 29.1. The summed E-state index contributed by atoms with van der Waals surface area (Å²) in [5.41, 5.74) is 0.204. The van der Waals surface area contributed by atoms with Crippen molar-refractivity contribution < 1.29 is 23.4 Å². The van der Waals surface area contributed by atoms with E-state index >= 15 is 0 Å². The van der Waals surface area contributed by atoms with E-state index in [0.717, 1.165) is 6.07 Å². The molecular weight excluding hydrogens is 263 g/mol. The molecular formula is C15H13FO4. The van der Waals surface area contributed by atoms with E-state index in [4.69, 9.17) is 14.2 Å². The van der Waals surface area contributed by atoms with Crippen molar-refractivity contribution in [2.45, 2.75) is 0 Å². The first-order valence-corrected chi connectivity index (χ1v) is 5.81. The predicted molar refractivity (Wildman–Crippen MR) is 71.4 cm³/mol. The van der Waals surface area contributed by atoms with Gasteiger partial charge in [-0.2, -0.15) is 0 Å². The van der Waals surface area contributed by atoms with Crippen LogP contribution in [0.2, 0.25) is 0 Å². The zero-order valence-corrected chi connectivity index (χ0v) is 11.1. The Labute approximate surface area is 115 Å². The largest absolute Gasteiger partial charge is 0.496 e.